The summed E-state index contributed by atoms with van der Waals surface area (Å²) in [6.07, 6.45) is 0. The maximum Gasteiger partial charge on any atom is 0.179 e. The molecular formula is C10H19N5. The van der Waals surface area contributed by atoms with E-state index in [-0.39, 0.29) is 5.41 Å². The van der Waals surface area contributed by atoms with Crippen LogP contribution < -0.4 is 10.6 Å². The monoisotopic (exact) mass is 209 g/mol. The van der Waals surface area contributed by atoms with Gasteiger partial charge in [0, 0.05) is 12.5 Å². The first-order valence-electron chi connectivity index (χ1n) is 4.88. The fraction of sp³-hybridized carbons (Fsp3) is 0.600. The summed E-state index contributed by atoms with van der Waals surface area (Å²) in [6, 6.07) is 0. The highest BCUT2D eigenvalue weighted by Crippen LogP contribution is 2.31. The molecule has 4 N–H and O–H groups in total. The van der Waals surface area contributed by atoms with Gasteiger partial charge in [0.05, 0.1) is 17.2 Å². The van der Waals surface area contributed by atoms with E-state index in [0.29, 0.717) is 17.3 Å². The summed E-state index contributed by atoms with van der Waals surface area (Å²) in [7, 11) is 1.78. The molecule has 1 aromatic rings. The van der Waals surface area contributed by atoms with Crippen LogP contribution in [0.15, 0.2) is 0 Å². The van der Waals surface area contributed by atoms with Gasteiger partial charge in [0.1, 0.15) is 0 Å². The molecule has 0 aliphatic rings. The lowest BCUT2D eigenvalue weighted by Crippen LogP contribution is -2.23. The molecule has 0 saturated carbocycles. The number of anilines is 2. The Morgan fingerprint density at radius 3 is 2.33 bits per heavy atom. The van der Waals surface area contributed by atoms with Gasteiger partial charge in [0.2, 0.25) is 0 Å². The minimum absolute atomic E-state index is 0.0634. The van der Waals surface area contributed by atoms with Gasteiger partial charge in [-0.2, -0.15) is 5.10 Å². The van der Waals surface area contributed by atoms with Crippen LogP contribution >= 0.6 is 0 Å². The predicted octanol–water partition coefficient (Wildman–Crippen LogP) is 1.72. The van der Waals surface area contributed by atoms with E-state index < -0.39 is 0 Å². The Hall–Kier alpha value is -1.52. The highest BCUT2D eigenvalue weighted by molar-refractivity contribution is 5.95. The number of nitrogens with zero attached hydrogens (tertiary/aromatic N) is 2. The molecule has 0 fully saturated rings. The van der Waals surface area contributed by atoms with Gasteiger partial charge < -0.3 is 10.6 Å². The number of amidine groups is 1. The van der Waals surface area contributed by atoms with Crippen molar-refractivity contribution >= 4 is 17.3 Å². The number of nitrogens with two attached hydrogens (primary N) is 1. The smallest absolute Gasteiger partial charge is 0.179 e. The molecule has 5 nitrogen and oxygen atoms in total. The Morgan fingerprint density at radius 1 is 1.47 bits per heavy atom. The number of H-pyrrole nitrogens is 1. The standard InChI is InChI=1S/C10H19N5/c1-6(11)15(5)9-7(12)8(13-14-9)10(2,3)4/h11H,12H2,1-5H3,(H,13,14). The molecule has 1 rings (SSSR count). The largest absolute Gasteiger partial charge is 0.394 e. The van der Waals surface area contributed by atoms with Crippen LogP contribution in [0.3, 0.4) is 0 Å². The van der Waals surface area contributed by atoms with Gasteiger partial charge in [0.15, 0.2) is 5.82 Å². The van der Waals surface area contributed by atoms with Crippen LogP contribution in [0.4, 0.5) is 11.5 Å². The second-order valence-corrected chi connectivity index (χ2v) is 4.73. The first-order valence-corrected chi connectivity index (χ1v) is 4.88. The minimum atomic E-state index is -0.0634. The molecule has 15 heavy (non-hydrogen) atoms. The summed E-state index contributed by atoms with van der Waals surface area (Å²) in [5.74, 6) is 1.03. The molecule has 1 aromatic heterocycles. The molecular weight excluding hydrogens is 190 g/mol. The summed E-state index contributed by atoms with van der Waals surface area (Å²) >= 11 is 0. The Morgan fingerprint density at radius 2 is 2.00 bits per heavy atom. The van der Waals surface area contributed by atoms with Crippen LogP contribution in [-0.4, -0.2) is 23.1 Å². The third-order valence-electron chi connectivity index (χ3n) is 2.35. The summed E-state index contributed by atoms with van der Waals surface area (Å²) in [4.78, 5) is 1.65. The number of rotatable bonds is 1. The zero-order chi connectivity index (χ0) is 11.8. The SMILES string of the molecule is CC(=N)N(C)c1n[nH]c(C(C)(C)C)c1N. The van der Waals surface area contributed by atoms with Crippen molar-refractivity contribution in [1.82, 2.24) is 10.2 Å². The topological polar surface area (TPSA) is 81.8 Å². The van der Waals surface area contributed by atoms with Crippen molar-refractivity contribution in [3.05, 3.63) is 5.69 Å². The quantitative estimate of drug-likeness (QED) is 0.486. The third-order valence-corrected chi connectivity index (χ3v) is 2.35. The zero-order valence-corrected chi connectivity index (χ0v) is 9.97. The van der Waals surface area contributed by atoms with Gasteiger partial charge in [-0.15, -0.1) is 0 Å². The summed E-state index contributed by atoms with van der Waals surface area (Å²) < 4.78 is 0. The lowest BCUT2D eigenvalue weighted by molar-refractivity contribution is 0.569. The Bertz CT molecular complexity index is 372. The fourth-order valence-electron chi connectivity index (χ4n) is 1.33. The molecule has 0 amide bonds. The normalized spacial score (nSPS) is 11.5. The summed E-state index contributed by atoms with van der Waals surface area (Å²) in [5.41, 5.74) is 7.46. The summed E-state index contributed by atoms with van der Waals surface area (Å²) in [5, 5.41) is 14.6. The number of nitrogen functional groups attached to an aromatic ring is 1. The van der Waals surface area contributed by atoms with Crippen LogP contribution in [0.2, 0.25) is 0 Å². The first-order chi connectivity index (χ1) is 6.75. The summed E-state index contributed by atoms with van der Waals surface area (Å²) in [6.45, 7) is 7.90. The van der Waals surface area contributed by atoms with Gasteiger partial charge in [-0.1, -0.05) is 20.8 Å². The van der Waals surface area contributed by atoms with Crippen molar-refractivity contribution in [1.29, 1.82) is 5.41 Å². The second kappa shape index (κ2) is 3.56. The predicted molar refractivity (Wildman–Crippen MR) is 63.5 cm³/mol. The van der Waals surface area contributed by atoms with Gasteiger partial charge in [-0.05, 0) is 6.92 Å². The molecule has 0 radical (unpaired) electrons. The number of aromatic nitrogens is 2. The van der Waals surface area contributed by atoms with E-state index in [9.17, 15) is 0 Å². The number of hydrogen-bond donors (Lipinski definition) is 3. The lowest BCUT2D eigenvalue weighted by atomic mass is 9.91. The van der Waals surface area contributed by atoms with Crippen molar-refractivity contribution in [2.45, 2.75) is 33.1 Å². The van der Waals surface area contributed by atoms with Gasteiger partial charge in [-0.25, -0.2) is 0 Å². The average Bonchev–Trinajstić information content (AvgIpc) is 2.44. The molecule has 0 atom stereocenters. The molecule has 0 spiro atoms. The zero-order valence-electron chi connectivity index (χ0n) is 9.97. The average molecular weight is 209 g/mol. The van der Waals surface area contributed by atoms with E-state index in [2.05, 4.69) is 31.0 Å². The van der Waals surface area contributed by atoms with Crippen LogP contribution in [-0.2, 0) is 5.41 Å². The van der Waals surface area contributed by atoms with Crippen LogP contribution in [0, 0.1) is 5.41 Å². The Kier molecular flexibility index (Phi) is 2.75. The molecule has 0 aliphatic heterocycles. The van der Waals surface area contributed by atoms with E-state index in [1.165, 1.54) is 0 Å². The van der Waals surface area contributed by atoms with Crippen molar-refractivity contribution < 1.29 is 0 Å². The fourth-order valence-corrected chi connectivity index (χ4v) is 1.33. The first kappa shape index (κ1) is 11.6. The van der Waals surface area contributed by atoms with Crippen molar-refractivity contribution in [3.63, 3.8) is 0 Å². The Labute approximate surface area is 90.2 Å². The molecule has 0 saturated heterocycles. The Balaban J connectivity index is 3.15. The van der Waals surface area contributed by atoms with E-state index >= 15 is 0 Å². The molecule has 1 heterocycles. The van der Waals surface area contributed by atoms with Gasteiger partial charge in [-0.3, -0.25) is 10.5 Å². The molecule has 0 bridgehead atoms. The van der Waals surface area contributed by atoms with Gasteiger partial charge in [0.25, 0.3) is 0 Å². The number of aromatic amines is 1. The number of hydrogen-bond acceptors (Lipinski definition) is 3. The molecule has 0 aliphatic carbocycles. The minimum Gasteiger partial charge on any atom is -0.394 e. The highest BCUT2D eigenvalue weighted by atomic mass is 15.3. The van der Waals surface area contributed by atoms with Crippen LogP contribution in [0.5, 0.6) is 0 Å². The molecule has 84 valence electrons. The van der Waals surface area contributed by atoms with E-state index in [4.69, 9.17) is 11.1 Å². The van der Waals surface area contributed by atoms with Gasteiger partial charge >= 0.3 is 0 Å². The molecule has 0 aromatic carbocycles. The second-order valence-electron chi connectivity index (χ2n) is 4.73. The van der Waals surface area contributed by atoms with Crippen molar-refractivity contribution in [2.75, 3.05) is 17.7 Å². The van der Waals surface area contributed by atoms with E-state index in [0.717, 1.165) is 5.69 Å². The van der Waals surface area contributed by atoms with E-state index in [1.54, 1.807) is 18.9 Å². The maximum absolute atomic E-state index is 7.52. The van der Waals surface area contributed by atoms with Crippen LogP contribution in [0.25, 0.3) is 0 Å². The van der Waals surface area contributed by atoms with Crippen molar-refractivity contribution in [3.8, 4) is 0 Å². The third kappa shape index (κ3) is 2.11. The number of nitrogens with one attached hydrogen (secondary N) is 2. The highest BCUT2D eigenvalue weighted by Gasteiger charge is 2.23. The maximum atomic E-state index is 7.52. The molecule has 5 heteroatoms. The van der Waals surface area contributed by atoms with E-state index in [1.807, 2.05) is 0 Å². The van der Waals surface area contributed by atoms with Crippen molar-refractivity contribution in [2.24, 2.45) is 0 Å². The van der Waals surface area contributed by atoms with Crippen LogP contribution in [0.1, 0.15) is 33.4 Å². The molecule has 0 unspecified atom stereocenters. The lowest BCUT2D eigenvalue weighted by Gasteiger charge is -2.18.